The summed E-state index contributed by atoms with van der Waals surface area (Å²) in [4.78, 5) is 13.0. The molecular weight excluding hydrogens is 404 g/mol. The predicted octanol–water partition coefficient (Wildman–Crippen LogP) is 5.25. The van der Waals surface area contributed by atoms with Crippen LogP contribution in [0.3, 0.4) is 0 Å². The molecule has 0 spiro atoms. The van der Waals surface area contributed by atoms with Gasteiger partial charge in [-0.2, -0.15) is 0 Å². The van der Waals surface area contributed by atoms with E-state index in [4.69, 9.17) is 9.47 Å². The van der Waals surface area contributed by atoms with E-state index in [1.165, 1.54) is 16.7 Å². The van der Waals surface area contributed by atoms with Crippen LogP contribution in [0.1, 0.15) is 82.6 Å². The highest BCUT2D eigenvalue weighted by molar-refractivity contribution is 5.90. The molecule has 174 valence electrons. The number of phenols is 1. The zero-order valence-electron chi connectivity index (χ0n) is 19.9. The Hall–Kier alpha value is -2.11. The topological polar surface area (TPSA) is 79.3 Å². The fourth-order valence-corrected chi connectivity index (χ4v) is 5.24. The van der Waals surface area contributed by atoms with Crippen LogP contribution in [0.5, 0.6) is 5.75 Å². The lowest BCUT2D eigenvalue weighted by atomic mass is 9.86. The van der Waals surface area contributed by atoms with Gasteiger partial charge in [0.05, 0.1) is 22.9 Å². The first-order valence-electron chi connectivity index (χ1n) is 11.8. The van der Waals surface area contributed by atoms with E-state index >= 15 is 0 Å². The molecule has 3 aliphatic rings. The van der Waals surface area contributed by atoms with Gasteiger partial charge in [-0.1, -0.05) is 22.8 Å². The van der Waals surface area contributed by atoms with Crippen molar-refractivity contribution in [1.29, 1.82) is 0 Å². The molecule has 0 aromatic heterocycles. The van der Waals surface area contributed by atoms with Gasteiger partial charge in [0.1, 0.15) is 11.9 Å². The van der Waals surface area contributed by atoms with Gasteiger partial charge in [-0.15, -0.1) is 0 Å². The van der Waals surface area contributed by atoms with Gasteiger partial charge in [0.2, 0.25) is 0 Å². The summed E-state index contributed by atoms with van der Waals surface area (Å²) in [5, 5.41) is 21.2. The van der Waals surface area contributed by atoms with Gasteiger partial charge in [-0.3, -0.25) is 0 Å². The highest BCUT2D eigenvalue weighted by atomic mass is 16.6. The lowest BCUT2D eigenvalue weighted by molar-refractivity contribution is -0.0694. The third kappa shape index (κ3) is 4.65. The molecular formula is C27H36O5. The normalized spacial score (nSPS) is 31.5. The van der Waals surface area contributed by atoms with Crippen LogP contribution in [-0.2, 0) is 15.9 Å². The highest BCUT2D eigenvalue weighted by Gasteiger charge is 2.51. The number of fused-ring (bicyclic) bond motifs is 4. The molecule has 0 amide bonds. The Bertz CT molecular complexity index is 967. The van der Waals surface area contributed by atoms with Gasteiger partial charge in [-0.25, -0.2) is 4.79 Å². The molecule has 1 aliphatic carbocycles. The molecule has 1 aromatic rings. The van der Waals surface area contributed by atoms with Crippen molar-refractivity contribution in [3.8, 4) is 5.75 Å². The molecule has 4 rings (SSSR count). The number of esters is 1. The molecule has 2 heterocycles. The van der Waals surface area contributed by atoms with Gasteiger partial charge in [0.25, 0.3) is 0 Å². The van der Waals surface area contributed by atoms with E-state index in [1.807, 2.05) is 0 Å². The first-order chi connectivity index (χ1) is 15.0. The molecule has 0 radical (unpaired) electrons. The van der Waals surface area contributed by atoms with Crippen LogP contribution in [0.4, 0.5) is 0 Å². The summed E-state index contributed by atoms with van der Waals surface area (Å²) < 4.78 is 11.8. The number of aromatic hydroxyl groups is 1. The van der Waals surface area contributed by atoms with Gasteiger partial charge in [0.15, 0.2) is 0 Å². The molecule has 2 bridgehead atoms. The standard InChI is InChI=1S/C27H36O5/c1-16-7-11-24-27(5,32-24)13-12-23(26(3,4)30)31-25(29)18-8-10-22(28)19(14-18)15-21-17(2)6-9-20(16)21/h7-8,10,14,20,23-24,28,30H,6,9,11-13,15H2,1-5H3/t20-,23-,24-,27-/m0/s1. The Kier molecular flexibility index (Phi) is 6.01. The molecule has 2 aliphatic heterocycles. The molecule has 5 nitrogen and oxygen atoms in total. The maximum atomic E-state index is 13.0. The summed E-state index contributed by atoms with van der Waals surface area (Å²) in [6, 6.07) is 4.90. The average Bonchev–Trinajstić information content (AvgIpc) is 3.23. The van der Waals surface area contributed by atoms with E-state index < -0.39 is 17.7 Å². The number of ether oxygens (including phenoxy) is 2. The number of rotatable bonds is 1. The minimum atomic E-state index is -1.17. The summed E-state index contributed by atoms with van der Waals surface area (Å²) >= 11 is 0. The van der Waals surface area contributed by atoms with E-state index in [-0.39, 0.29) is 17.5 Å². The maximum absolute atomic E-state index is 13.0. The number of carbonyl (C=O) groups excluding carboxylic acids is 1. The second-order valence-electron chi connectivity index (χ2n) is 10.6. The zero-order valence-corrected chi connectivity index (χ0v) is 19.9. The van der Waals surface area contributed by atoms with Crippen molar-refractivity contribution in [3.63, 3.8) is 0 Å². The number of hydrogen-bond acceptors (Lipinski definition) is 5. The molecule has 2 N–H and O–H groups in total. The van der Waals surface area contributed by atoms with E-state index in [9.17, 15) is 15.0 Å². The monoisotopic (exact) mass is 440 g/mol. The van der Waals surface area contributed by atoms with Crippen molar-refractivity contribution in [1.82, 2.24) is 0 Å². The summed E-state index contributed by atoms with van der Waals surface area (Å²) in [5.41, 5.74) is 3.76. The molecule has 1 saturated heterocycles. The number of allylic oxidation sites excluding steroid dienone is 3. The fraction of sp³-hybridized carbons (Fsp3) is 0.593. The van der Waals surface area contributed by atoms with E-state index in [0.29, 0.717) is 30.7 Å². The van der Waals surface area contributed by atoms with Crippen LogP contribution in [0.2, 0.25) is 0 Å². The summed E-state index contributed by atoms with van der Waals surface area (Å²) in [6.45, 7) is 9.81. The lowest BCUT2D eigenvalue weighted by Gasteiger charge is -2.30. The van der Waals surface area contributed by atoms with Crippen molar-refractivity contribution in [2.24, 2.45) is 5.92 Å². The third-order valence-corrected chi connectivity index (χ3v) is 7.65. The minimum Gasteiger partial charge on any atom is -0.508 e. The van der Waals surface area contributed by atoms with Crippen LogP contribution in [0, 0.1) is 5.92 Å². The number of benzene rings is 1. The largest absolute Gasteiger partial charge is 0.508 e. The average molecular weight is 441 g/mol. The number of carbonyl (C=O) groups is 1. The first-order valence-corrected chi connectivity index (χ1v) is 11.8. The van der Waals surface area contributed by atoms with Crippen molar-refractivity contribution >= 4 is 5.97 Å². The van der Waals surface area contributed by atoms with E-state index in [0.717, 1.165) is 24.8 Å². The maximum Gasteiger partial charge on any atom is 0.338 e. The van der Waals surface area contributed by atoms with Crippen molar-refractivity contribution in [2.75, 3.05) is 0 Å². The Balaban J connectivity index is 1.71. The smallest absolute Gasteiger partial charge is 0.338 e. The van der Waals surface area contributed by atoms with Crippen LogP contribution < -0.4 is 0 Å². The van der Waals surface area contributed by atoms with Gasteiger partial charge in [-0.05, 0) is 96.9 Å². The summed E-state index contributed by atoms with van der Waals surface area (Å²) in [6.07, 6.45) is 6.65. The molecule has 32 heavy (non-hydrogen) atoms. The number of phenolic OH excluding ortho intramolecular Hbond substituents is 1. The van der Waals surface area contributed by atoms with Crippen LogP contribution in [0.15, 0.2) is 41.0 Å². The van der Waals surface area contributed by atoms with Crippen LogP contribution in [0.25, 0.3) is 0 Å². The van der Waals surface area contributed by atoms with Gasteiger partial charge < -0.3 is 19.7 Å². The zero-order chi connectivity index (χ0) is 23.3. The quantitative estimate of drug-likeness (QED) is 0.354. The van der Waals surface area contributed by atoms with Gasteiger partial charge in [0, 0.05) is 5.92 Å². The molecule has 0 saturated carbocycles. The predicted molar refractivity (Wildman–Crippen MR) is 124 cm³/mol. The number of aliphatic hydroxyl groups is 1. The SMILES string of the molecule is CC1=CC[C@@H]2O[C@@]2(C)CC[C@@H](C(C)(C)O)OC(=O)c2ccc(O)c(c2)CC2=C(C)CC[C@@H]12. The summed E-state index contributed by atoms with van der Waals surface area (Å²) in [5.74, 6) is 0.0764. The Morgan fingerprint density at radius 1 is 1.19 bits per heavy atom. The molecule has 4 atom stereocenters. The second kappa shape index (κ2) is 8.35. The minimum absolute atomic E-state index is 0.148. The van der Waals surface area contributed by atoms with Crippen molar-refractivity contribution in [3.05, 3.63) is 52.1 Å². The molecule has 1 aromatic carbocycles. The van der Waals surface area contributed by atoms with E-state index in [2.05, 4.69) is 26.8 Å². The first kappa shape index (κ1) is 23.1. The van der Waals surface area contributed by atoms with Crippen LogP contribution >= 0.6 is 0 Å². The summed E-state index contributed by atoms with van der Waals surface area (Å²) in [7, 11) is 0. The lowest BCUT2D eigenvalue weighted by Crippen LogP contribution is -2.40. The Morgan fingerprint density at radius 2 is 1.94 bits per heavy atom. The van der Waals surface area contributed by atoms with E-state index in [1.54, 1.807) is 32.0 Å². The van der Waals surface area contributed by atoms with Crippen molar-refractivity contribution in [2.45, 2.75) is 96.6 Å². The fourth-order valence-electron chi connectivity index (χ4n) is 5.24. The Labute approximate surface area is 191 Å². The van der Waals surface area contributed by atoms with Crippen LogP contribution in [-0.4, -0.2) is 39.6 Å². The number of hydrogen-bond donors (Lipinski definition) is 2. The second-order valence-corrected chi connectivity index (χ2v) is 10.6. The highest BCUT2D eigenvalue weighted by Crippen LogP contribution is 2.45. The Morgan fingerprint density at radius 3 is 2.66 bits per heavy atom. The number of epoxide rings is 1. The molecule has 5 heteroatoms. The molecule has 1 fully saturated rings. The number of cyclic esters (lactones) is 1. The molecule has 0 unspecified atom stereocenters. The van der Waals surface area contributed by atoms with Gasteiger partial charge >= 0.3 is 5.97 Å². The third-order valence-electron chi connectivity index (χ3n) is 7.65. The van der Waals surface area contributed by atoms with Crippen molar-refractivity contribution < 1.29 is 24.5 Å².